The average Bonchev–Trinajstić information content (AvgIpc) is 3.19. The minimum atomic E-state index is -0.0755. The quantitative estimate of drug-likeness (QED) is 0.236. The maximum atomic E-state index is 6.56. The molecule has 0 aromatic rings. The Morgan fingerprint density at radius 1 is 0.511 bits per heavy atom. The Hall–Kier alpha value is -0.320. The summed E-state index contributed by atoms with van der Waals surface area (Å²) in [5.41, 5.74) is 0.436. The van der Waals surface area contributed by atoms with Crippen molar-refractivity contribution < 1.29 is 9.47 Å². The van der Waals surface area contributed by atoms with E-state index in [-0.39, 0.29) is 16.7 Å². The fraction of sp³-hybridized carbons (Fsp3) is 1.00. The zero-order valence-corrected chi connectivity index (χ0v) is 32.9. The van der Waals surface area contributed by atoms with E-state index < -0.39 is 0 Å². The number of nitrogens with zero attached hydrogens (tertiary/aromatic N) is 6. The number of rotatable bonds is 15. The van der Waals surface area contributed by atoms with Crippen LogP contribution in [-0.2, 0) is 9.47 Å². The molecule has 0 unspecified atom stereocenters. The number of piperazine rings is 1. The van der Waals surface area contributed by atoms with Gasteiger partial charge >= 0.3 is 0 Å². The van der Waals surface area contributed by atoms with Crippen LogP contribution in [0.4, 0.5) is 0 Å². The number of hydrogen-bond donors (Lipinski definition) is 0. The van der Waals surface area contributed by atoms with E-state index >= 15 is 0 Å². The minimum absolute atomic E-state index is 0.0282. The van der Waals surface area contributed by atoms with Gasteiger partial charge in [0.1, 0.15) is 0 Å². The van der Waals surface area contributed by atoms with Crippen LogP contribution in [-0.4, -0.2) is 170 Å². The minimum Gasteiger partial charge on any atom is -0.375 e. The summed E-state index contributed by atoms with van der Waals surface area (Å²) in [6, 6.07) is 0. The zero-order chi connectivity index (χ0) is 34.3. The molecule has 0 amide bonds. The van der Waals surface area contributed by atoms with Crippen molar-refractivity contribution in [1.29, 1.82) is 0 Å². The second-order valence-corrected chi connectivity index (χ2v) is 18.9. The number of likely N-dealkylation sites (tertiary alicyclic amines) is 2. The Labute approximate surface area is 291 Å². The topological polar surface area (TPSA) is 37.9 Å². The molecule has 8 heteroatoms. The Bertz CT molecular complexity index is 892. The summed E-state index contributed by atoms with van der Waals surface area (Å²) in [6.45, 7) is 44.1. The molecule has 4 fully saturated rings. The van der Waals surface area contributed by atoms with Crippen molar-refractivity contribution in [3.05, 3.63) is 0 Å². The Balaban J connectivity index is 1.06. The van der Waals surface area contributed by atoms with Crippen LogP contribution >= 0.6 is 0 Å². The maximum absolute atomic E-state index is 6.56. The first-order chi connectivity index (χ1) is 22.0. The molecule has 0 radical (unpaired) electrons. The molecular formula is C39H78N6O2. The smallest absolute Gasteiger partial charge is 0.0627 e. The van der Waals surface area contributed by atoms with E-state index in [1.165, 1.54) is 117 Å². The predicted molar refractivity (Wildman–Crippen MR) is 199 cm³/mol. The molecule has 0 N–H and O–H groups in total. The summed E-state index contributed by atoms with van der Waals surface area (Å²) in [6.07, 6.45) is 6.26. The fourth-order valence-electron chi connectivity index (χ4n) is 8.09. The molecular weight excluding hydrogens is 584 g/mol. The molecule has 4 rings (SSSR count). The summed E-state index contributed by atoms with van der Waals surface area (Å²) < 4.78 is 12.5. The second-order valence-electron chi connectivity index (χ2n) is 18.9. The van der Waals surface area contributed by atoms with E-state index in [9.17, 15) is 0 Å². The molecule has 276 valence electrons. The maximum Gasteiger partial charge on any atom is 0.0627 e. The molecule has 0 aromatic heterocycles. The first-order valence-corrected chi connectivity index (χ1v) is 19.6. The molecule has 0 spiro atoms. The third-order valence-electron chi connectivity index (χ3n) is 11.7. The van der Waals surface area contributed by atoms with Gasteiger partial charge in [0.2, 0.25) is 0 Å². The van der Waals surface area contributed by atoms with Gasteiger partial charge in [-0.15, -0.1) is 0 Å². The van der Waals surface area contributed by atoms with Gasteiger partial charge in [-0.1, -0.05) is 0 Å². The number of hydrogen-bond acceptors (Lipinski definition) is 8. The lowest BCUT2D eigenvalue weighted by Gasteiger charge is -2.49. The number of piperidine rings is 1. The highest BCUT2D eigenvalue weighted by Crippen LogP contribution is 2.29. The number of ether oxygens (including phenoxy) is 2. The van der Waals surface area contributed by atoms with E-state index in [4.69, 9.17) is 9.47 Å². The molecule has 47 heavy (non-hydrogen) atoms. The highest BCUT2D eigenvalue weighted by atomic mass is 16.5. The third kappa shape index (κ3) is 13.7. The Morgan fingerprint density at radius 3 is 1.64 bits per heavy atom. The van der Waals surface area contributed by atoms with Gasteiger partial charge in [-0.25, -0.2) is 0 Å². The van der Waals surface area contributed by atoms with Gasteiger partial charge in [-0.05, 0) is 139 Å². The summed E-state index contributed by atoms with van der Waals surface area (Å²) in [5, 5.41) is 0. The van der Waals surface area contributed by atoms with Crippen LogP contribution in [0.1, 0.15) is 101 Å². The zero-order valence-electron chi connectivity index (χ0n) is 32.9. The van der Waals surface area contributed by atoms with Crippen LogP contribution in [0.2, 0.25) is 0 Å². The van der Waals surface area contributed by atoms with Gasteiger partial charge in [0, 0.05) is 89.6 Å². The van der Waals surface area contributed by atoms with E-state index in [1.807, 2.05) is 0 Å². The van der Waals surface area contributed by atoms with Crippen molar-refractivity contribution in [2.75, 3.05) is 118 Å². The van der Waals surface area contributed by atoms with Gasteiger partial charge < -0.3 is 24.2 Å². The highest BCUT2D eigenvalue weighted by Gasteiger charge is 2.36. The second kappa shape index (κ2) is 17.3. The van der Waals surface area contributed by atoms with Crippen LogP contribution in [0.5, 0.6) is 0 Å². The van der Waals surface area contributed by atoms with Crippen LogP contribution in [0.3, 0.4) is 0 Å². The van der Waals surface area contributed by atoms with Crippen molar-refractivity contribution in [2.24, 2.45) is 11.8 Å². The normalized spacial score (nSPS) is 24.1. The van der Waals surface area contributed by atoms with Gasteiger partial charge in [-0.2, -0.15) is 0 Å². The third-order valence-corrected chi connectivity index (χ3v) is 11.7. The Kier molecular flexibility index (Phi) is 14.5. The first-order valence-electron chi connectivity index (χ1n) is 19.6. The van der Waals surface area contributed by atoms with Crippen LogP contribution < -0.4 is 0 Å². The van der Waals surface area contributed by atoms with Gasteiger partial charge in [-0.3, -0.25) is 14.7 Å². The fourth-order valence-corrected chi connectivity index (χ4v) is 8.09. The van der Waals surface area contributed by atoms with Gasteiger partial charge in [0.05, 0.1) is 24.4 Å². The molecule has 0 aromatic carbocycles. The average molecular weight is 663 g/mol. The molecule has 0 saturated carbocycles. The summed E-state index contributed by atoms with van der Waals surface area (Å²) in [4.78, 5) is 16.1. The van der Waals surface area contributed by atoms with Crippen molar-refractivity contribution in [3.8, 4) is 0 Å². The van der Waals surface area contributed by atoms with Crippen molar-refractivity contribution in [2.45, 2.75) is 124 Å². The van der Waals surface area contributed by atoms with Crippen molar-refractivity contribution in [1.82, 2.24) is 29.4 Å². The predicted octanol–water partition coefficient (Wildman–Crippen LogP) is 5.22. The van der Waals surface area contributed by atoms with Crippen LogP contribution in [0, 0.1) is 11.8 Å². The van der Waals surface area contributed by atoms with Crippen LogP contribution in [0.25, 0.3) is 0 Å². The lowest BCUT2D eigenvalue weighted by Crippen LogP contribution is -2.58. The molecule has 4 aliphatic rings. The molecule has 4 heterocycles. The van der Waals surface area contributed by atoms with E-state index in [1.54, 1.807) is 0 Å². The summed E-state index contributed by atoms with van der Waals surface area (Å²) >= 11 is 0. The SMILES string of the molecule is CC(C)(C)OCCN1CCC(CN2CCN(C(C)(C)CCC(C)(C)OCCN3CCCN(CC4CN(C(C)(C)C)C4)CC3)CC2)CC1. The van der Waals surface area contributed by atoms with Gasteiger partial charge in [0.15, 0.2) is 0 Å². The Morgan fingerprint density at radius 2 is 1.02 bits per heavy atom. The lowest BCUT2D eigenvalue weighted by molar-refractivity contribution is -0.0452. The van der Waals surface area contributed by atoms with E-state index in [0.29, 0.717) is 5.54 Å². The standard InChI is InChI=1S/C39H78N6O2/c1-36(2,3)45-32-35(33-45)31-42-17-11-16-40(20-21-42)27-29-47-39(9,10)15-14-38(7,8)44-24-22-43(23-25-44)30-34-12-18-41(19-13-34)26-28-46-37(4,5)6/h34-35H,11-33H2,1-10H3. The monoisotopic (exact) mass is 663 g/mol. The van der Waals surface area contributed by atoms with E-state index in [2.05, 4.69) is 98.6 Å². The molecule has 4 aliphatic heterocycles. The lowest BCUT2D eigenvalue weighted by atomic mass is 9.89. The first kappa shape index (κ1) is 39.5. The molecule has 0 atom stereocenters. The van der Waals surface area contributed by atoms with Gasteiger partial charge in [0.25, 0.3) is 0 Å². The van der Waals surface area contributed by atoms with Crippen LogP contribution in [0.15, 0.2) is 0 Å². The van der Waals surface area contributed by atoms with Crippen molar-refractivity contribution in [3.63, 3.8) is 0 Å². The molecule has 0 aliphatic carbocycles. The summed E-state index contributed by atoms with van der Waals surface area (Å²) in [7, 11) is 0. The van der Waals surface area contributed by atoms with E-state index in [0.717, 1.165) is 44.6 Å². The summed E-state index contributed by atoms with van der Waals surface area (Å²) in [5.74, 6) is 1.71. The molecule has 4 saturated heterocycles. The molecule has 8 nitrogen and oxygen atoms in total. The highest BCUT2D eigenvalue weighted by molar-refractivity contribution is 4.91. The van der Waals surface area contributed by atoms with Crippen molar-refractivity contribution >= 4 is 0 Å². The molecule has 0 bridgehead atoms. The largest absolute Gasteiger partial charge is 0.375 e.